The zero-order valence-electron chi connectivity index (χ0n) is 11.0. The van der Waals surface area contributed by atoms with E-state index in [0.717, 1.165) is 31.7 Å². The molecule has 0 aliphatic carbocycles. The van der Waals surface area contributed by atoms with Gasteiger partial charge in [-0.1, -0.05) is 12.1 Å². The highest BCUT2D eigenvalue weighted by Crippen LogP contribution is 2.18. The fourth-order valence-corrected chi connectivity index (χ4v) is 2.46. The summed E-state index contributed by atoms with van der Waals surface area (Å²) >= 11 is 0. The van der Waals surface area contributed by atoms with Gasteiger partial charge in [-0.2, -0.15) is 0 Å². The van der Waals surface area contributed by atoms with Crippen LogP contribution >= 0.6 is 12.4 Å². The van der Waals surface area contributed by atoms with Gasteiger partial charge in [-0.15, -0.1) is 12.4 Å². The van der Waals surface area contributed by atoms with Crippen molar-refractivity contribution < 1.29 is 4.79 Å². The molecule has 0 radical (unpaired) electrons. The minimum Gasteiger partial charge on any atom is -0.366 e. The largest absolute Gasteiger partial charge is 0.366 e. The van der Waals surface area contributed by atoms with E-state index in [0.29, 0.717) is 11.5 Å². The van der Waals surface area contributed by atoms with E-state index in [4.69, 9.17) is 11.5 Å². The summed E-state index contributed by atoms with van der Waals surface area (Å²) in [6, 6.07) is 7.58. The number of amides is 1. The van der Waals surface area contributed by atoms with E-state index in [-0.39, 0.29) is 18.3 Å². The van der Waals surface area contributed by atoms with Crippen molar-refractivity contribution in [3.63, 3.8) is 0 Å². The number of primary amides is 1. The monoisotopic (exact) mass is 283 g/mol. The molecule has 0 bridgehead atoms. The van der Waals surface area contributed by atoms with Crippen molar-refractivity contribution in [3.05, 3.63) is 35.4 Å². The number of nitrogens with two attached hydrogens (primary N) is 2. The Morgan fingerprint density at radius 2 is 2.00 bits per heavy atom. The van der Waals surface area contributed by atoms with Crippen LogP contribution in [0.25, 0.3) is 0 Å². The van der Waals surface area contributed by atoms with Crippen LogP contribution in [0.1, 0.15) is 28.8 Å². The van der Waals surface area contributed by atoms with E-state index in [1.165, 1.54) is 12.8 Å². The Morgan fingerprint density at radius 3 is 2.58 bits per heavy atom. The zero-order valence-corrected chi connectivity index (χ0v) is 11.9. The third kappa shape index (κ3) is 4.49. The number of nitrogens with zero attached hydrogens (tertiary/aromatic N) is 1. The van der Waals surface area contributed by atoms with Crippen molar-refractivity contribution in [1.29, 1.82) is 0 Å². The first-order valence-electron chi connectivity index (χ1n) is 6.50. The van der Waals surface area contributed by atoms with Crippen LogP contribution in [0.15, 0.2) is 24.3 Å². The molecule has 2 rings (SSSR count). The standard InChI is InChI=1S/C14H21N3O.ClH/c15-9-11-4-6-17(7-5-11)10-12-2-1-3-13(8-12)14(16)18;/h1-3,8,11H,4-7,9-10,15H2,(H2,16,18);1H. The molecule has 4 nitrogen and oxygen atoms in total. The van der Waals surface area contributed by atoms with Crippen LogP contribution in [0.4, 0.5) is 0 Å². The number of piperidine rings is 1. The van der Waals surface area contributed by atoms with Crippen LogP contribution in [0.5, 0.6) is 0 Å². The van der Waals surface area contributed by atoms with Gasteiger partial charge in [0.2, 0.25) is 5.91 Å². The predicted octanol–water partition coefficient (Wildman–Crippen LogP) is 1.38. The summed E-state index contributed by atoms with van der Waals surface area (Å²) in [6.07, 6.45) is 2.35. The maximum Gasteiger partial charge on any atom is 0.248 e. The molecule has 19 heavy (non-hydrogen) atoms. The number of rotatable bonds is 4. The Bertz CT molecular complexity index is 417. The lowest BCUT2D eigenvalue weighted by Gasteiger charge is -2.31. The van der Waals surface area contributed by atoms with Gasteiger partial charge in [-0.05, 0) is 56.1 Å². The molecule has 4 N–H and O–H groups in total. The second kappa shape index (κ2) is 7.48. The topological polar surface area (TPSA) is 72.3 Å². The molecule has 0 aromatic heterocycles. The molecule has 1 aromatic rings. The lowest BCUT2D eigenvalue weighted by atomic mass is 9.96. The number of hydrogen-bond acceptors (Lipinski definition) is 3. The third-order valence-corrected chi connectivity index (χ3v) is 3.66. The predicted molar refractivity (Wildman–Crippen MR) is 79.3 cm³/mol. The average molecular weight is 284 g/mol. The van der Waals surface area contributed by atoms with Crippen LogP contribution in [0.2, 0.25) is 0 Å². The van der Waals surface area contributed by atoms with Gasteiger partial charge in [0.25, 0.3) is 0 Å². The fraction of sp³-hybridized carbons (Fsp3) is 0.500. The maximum atomic E-state index is 11.1. The van der Waals surface area contributed by atoms with Gasteiger partial charge in [0, 0.05) is 12.1 Å². The molecule has 1 aromatic carbocycles. The van der Waals surface area contributed by atoms with Crippen molar-refractivity contribution in [2.24, 2.45) is 17.4 Å². The Labute approximate surface area is 120 Å². The van der Waals surface area contributed by atoms with E-state index in [2.05, 4.69) is 4.90 Å². The summed E-state index contributed by atoms with van der Waals surface area (Å²) in [7, 11) is 0. The van der Waals surface area contributed by atoms with Crippen molar-refractivity contribution in [2.75, 3.05) is 19.6 Å². The molecule has 106 valence electrons. The van der Waals surface area contributed by atoms with Gasteiger partial charge >= 0.3 is 0 Å². The minimum absolute atomic E-state index is 0. The number of benzene rings is 1. The van der Waals surface area contributed by atoms with Crippen LogP contribution < -0.4 is 11.5 Å². The smallest absolute Gasteiger partial charge is 0.248 e. The van der Waals surface area contributed by atoms with Gasteiger partial charge < -0.3 is 11.5 Å². The second-order valence-corrected chi connectivity index (χ2v) is 5.02. The van der Waals surface area contributed by atoms with Crippen molar-refractivity contribution >= 4 is 18.3 Å². The molecule has 1 heterocycles. The van der Waals surface area contributed by atoms with Gasteiger partial charge in [0.15, 0.2) is 0 Å². The number of carbonyl (C=O) groups excluding carboxylic acids is 1. The fourth-order valence-electron chi connectivity index (χ4n) is 2.46. The molecule has 0 atom stereocenters. The van der Waals surface area contributed by atoms with E-state index in [1.54, 1.807) is 6.07 Å². The number of halogens is 1. The van der Waals surface area contributed by atoms with Crippen molar-refractivity contribution in [1.82, 2.24) is 4.90 Å². The van der Waals surface area contributed by atoms with Crippen LogP contribution in [0, 0.1) is 5.92 Å². The lowest BCUT2D eigenvalue weighted by molar-refractivity contribution is 0.1000. The first-order valence-corrected chi connectivity index (χ1v) is 6.50. The van der Waals surface area contributed by atoms with Gasteiger partial charge in [0.05, 0.1) is 0 Å². The van der Waals surface area contributed by atoms with Gasteiger partial charge in [0.1, 0.15) is 0 Å². The molecule has 1 amide bonds. The highest BCUT2D eigenvalue weighted by molar-refractivity contribution is 5.92. The molecular formula is C14H22ClN3O. The first kappa shape index (κ1) is 16.0. The average Bonchev–Trinajstić information content (AvgIpc) is 2.40. The van der Waals surface area contributed by atoms with E-state index in [9.17, 15) is 4.79 Å². The van der Waals surface area contributed by atoms with Crippen molar-refractivity contribution in [2.45, 2.75) is 19.4 Å². The SMILES string of the molecule is Cl.NCC1CCN(Cc2cccc(C(N)=O)c2)CC1. The minimum atomic E-state index is -0.362. The summed E-state index contributed by atoms with van der Waals surface area (Å²) in [5.41, 5.74) is 12.7. The summed E-state index contributed by atoms with van der Waals surface area (Å²) in [5.74, 6) is 0.317. The third-order valence-electron chi connectivity index (χ3n) is 3.66. The lowest BCUT2D eigenvalue weighted by Crippen LogP contribution is -2.35. The molecule has 1 fully saturated rings. The van der Waals surface area contributed by atoms with E-state index < -0.39 is 0 Å². The zero-order chi connectivity index (χ0) is 13.0. The molecule has 5 heteroatoms. The van der Waals surface area contributed by atoms with Gasteiger partial charge in [-0.3, -0.25) is 9.69 Å². The maximum absolute atomic E-state index is 11.1. The summed E-state index contributed by atoms with van der Waals surface area (Å²) < 4.78 is 0. The van der Waals surface area contributed by atoms with E-state index >= 15 is 0 Å². The van der Waals surface area contributed by atoms with Gasteiger partial charge in [-0.25, -0.2) is 0 Å². The summed E-state index contributed by atoms with van der Waals surface area (Å²) in [6.45, 7) is 3.86. The summed E-state index contributed by atoms with van der Waals surface area (Å²) in [4.78, 5) is 13.5. The Hall–Kier alpha value is -1.10. The highest BCUT2D eigenvalue weighted by atomic mass is 35.5. The molecular weight excluding hydrogens is 262 g/mol. The second-order valence-electron chi connectivity index (χ2n) is 5.02. The molecule has 0 saturated carbocycles. The molecule has 0 spiro atoms. The summed E-state index contributed by atoms with van der Waals surface area (Å²) in [5, 5.41) is 0. The van der Waals surface area contributed by atoms with Crippen LogP contribution in [-0.2, 0) is 6.54 Å². The molecule has 1 aliphatic rings. The molecule has 1 aliphatic heterocycles. The molecule has 1 saturated heterocycles. The number of likely N-dealkylation sites (tertiary alicyclic amines) is 1. The Morgan fingerprint density at radius 1 is 1.32 bits per heavy atom. The quantitative estimate of drug-likeness (QED) is 0.877. The highest BCUT2D eigenvalue weighted by Gasteiger charge is 2.18. The van der Waals surface area contributed by atoms with Crippen LogP contribution in [0.3, 0.4) is 0 Å². The van der Waals surface area contributed by atoms with Crippen molar-refractivity contribution in [3.8, 4) is 0 Å². The number of hydrogen-bond donors (Lipinski definition) is 2. The normalized spacial score (nSPS) is 16.9. The Kier molecular flexibility index (Phi) is 6.28. The number of carbonyl (C=O) groups is 1. The first-order chi connectivity index (χ1) is 8.69. The van der Waals surface area contributed by atoms with E-state index in [1.807, 2.05) is 18.2 Å². The molecule has 0 unspecified atom stereocenters. The van der Waals surface area contributed by atoms with Crippen LogP contribution in [-0.4, -0.2) is 30.4 Å². The Balaban J connectivity index is 0.00000180.